The van der Waals surface area contributed by atoms with Crippen LogP contribution in [0.15, 0.2) is 41.4 Å². The third kappa shape index (κ3) is 3.65. The number of hydrogen-bond acceptors (Lipinski definition) is 6. The van der Waals surface area contributed by atoms with Crippen LogP contribution in [-0.2, 0) is 6.54 Å². The minimum absolute atomic E-state index is 0.338. The maximum Gasteiger partial charge on any atom is 0.159 e. The van der Waals surface area contributed by atoms with Crippen molar-refractivity contribution in [3.8, 4) is 0 Å². The Kier molecular flexibility index (Phi) is 4.65. The van der Waals surface area contributed by atoms with E-state index in [1.54, 1.807) is 6.33 Å². The monoisotopic (exact) mass is 401 g/mol. The van der Waals surface area contributed by atoms with E-state index in [0.29, 0.717) is 6.04 Å². The number of halogens is 1. The molecule has 0 saturated carbocycles. The maximum absolute atomic E-state index is 6.01. The Morgan fingerprint density at radius 2 is 2.08 bits per heavy atom. The van der Waals surface area contributed by atoms with Crippen molar-refractivity contribution in [3.05, 3.63) is 47.0 Å². The van der Waals surface area contributed by atoms with Gasteiger partial charge in [0.15, 0.2) is 5.82 Å². The summed E-state index contributed by atoms with van der Waals surface area (Å²) in [5.74, 6) is 1.50. The van der Waals surface area contributed by atoms with Crippen molar-refractivity contribution in [2.75, 3.05) is 18.4 Å². The lowest BCUT2D eigenvalue weighted by atomic mass is 10.1. The summed E-state index contributed by atoms with van der Waals surface area (Å²) in [5.41, 5.74) is 8.20. The Bertz CT molecular complexity index is 870. The minimum atomic E-state index is 0.338. The number of hydrogen-bond donors (Lipinski definition) is 2. The van der Waals surface area contributed by atoms with E-state index in [2.05, 4.69) is 47.3 Å². The molecule has 0 aromatic carbocycles. The van der Waals surface area contributed by atoms with Gasteiger partial charge in [-0.1, -0.05) is 6.07 Å². The number of aromatic nitrogens is 4. The lowest BCUT2D eigenvalue weighted by Gasteiger charge is -2.29. The first-order chi connectivity index (χ1) is 12.2. The van der Waals surface area contributed by atoms with Gasteiger partial charge in [0.1, 0.15) is 22.3 Å². The first-order valence-electron chi connectivity index (χ1n) is 8.38. The van der Waals surface area contributed by atoms with Crippen LogP contribution >= 0.6 is 15.9 Å². The molecule has 4 heterocycles. The number of pyridine rings is 1. The smallest absolute Gasteiger partial charge is 0.159 e. The van der Waals surface area contributed by atoms with Crippen molar-refractivity contribution in [2.45, 2.75) is 25.4 Å². The summed E-state index contributed by atoms with van der Waals surface area (Å²) in [6.45, 7) is 2.93. The summed E-state index contributed by atoms with van der Waals surface area (Å²) in [7, 11) is 0. The highest BCUT2D eigenvalue weighted by atomic mass is 79.9. The number of rotatable bonds is 4. The molecule has 4 rings (SSSR count). The van der Waals surface area contributed by atoms with E-state index in [1.165, 1.54) is 5.56 Å². The van der Waals surface area contributed by atoms with Crippen LogP contribution in [0.1, 0.15) is 18.4 Å². The number of fused-ring (bicyclic) bond motifs is 1. The van der Waals surface area contributed by atoms with Gasteiger partial charge in [-0.15, -0.1) is 0 Å². The van der Waals surface area contributed by atoms with Gasteiger partial charge in [0.25, 0.3) is 0 Å². The Hall–Kier alpha value is -2.03. The normalized spacial score (nSPS) is 16.4. The molecule has 3 N–H and O–H groups in total. The predicted octanol–water partition coefficient (Wildman–Crippen LogP) is 2.55. The molecule has 0 aliphatic carbocycles. The molecule has 3 aromatic rings. The van der Waals surface area contributed by atoms with Gasteiger partial charge in [0.05, 0.1) is 0 Å². The number of likely N-dealkylation sites (tertiary alicyclic amines) is 1. The second-order valence-electron chi connectivity index (χ2n) is 6.33. The van der Waals surface area contributed by atoms with Crippen LogP contribution in [0.3, 0.4) is 0 Å². The molecule has 0 bridgehead atoms. The Morgan fingerprint density at radius 1 is 1.24 bits per heavy atom. The van der Waals surface area contributed by atoms with Crippen LogP contribution < -0.4 is 11.1 Å². The molecule has 1 saturated heterocycles. The van der Waals surface area contributed by atoms with Gasteiger partial charge in [-0.25, -0.2) is 14.5 Å². The van der Waals surface area contributed by atoms with Crippen molar-refractivity contribution >= 4 is 33.1 Å². The van der Waals surface area contributed by atoms with Gasteiger partial charge in [-0.05, 0) is 65.6 Å². The van der Waals surface area contributed by atoms with Gasteiger partial charge in [0.2, 0.25) is 0 Å². The number of nitrogens with zero attached hydrogens (tertiary/aromatic N) is 5. The molecule has 0 atom stereocenters. The second-order valence-corrected chi connectivity index (χ2v) is 7.14. The molecule has 0 amide bonds. The van der Waals surface area contributed by atoms with Crippen LogP contribution in [-0.4, -0.2) is 43.6 Å². The van der Waals surface area contributed by atoms with Gasteiger partial charge >= 0.3 is 0 Å². The zero-order valence-electron chi connectivity index (χ0n) is 13.8. The van der Waals surface area contributed by atoms with Gasteiger partial charge < -0.3 is 11.1 Å². The SMILES string of the molecule is NC1CCN(Cc2ccn3ncnc(Nc4cccc(Br)n4)c23)CC1. The zero-order chi connectivity index (χ0) is 17.2. The number of piperidine rings is 1. The third-order valence-corrected chi connectivity index (χ3v) is 4.97. The maximum atomic E-state index is 6.01. The van der Waals surface area contributed by atoms with Crippen LogP contribution in [0.4, 0.5) is 11.6 Å². The van der Waals surface area contributed by atoms with Crippen LogP contribution in [0, 0.1) is 0 Å². The number of nitrogens with one attached hydrogen (secondary N) is 1. The van der Waals surface area contributed by atoms with Gasteiger partial charge in [-0.2, -0.15) is 5.10 Å². The Labute approximate surface area is 154 Å². The van der Waals surface area contributed by atoms with Crippen molar-refractivity contribution in [1.29, 1.82) is 0 Å². The molecule has 0 unspecified atom stereocenters. The largest absolute Gasteiger partial charge is 0.328 e. The highest BCUT2D eigenvalue weighted by Gasteiger charge is 2.18. The molecule has 25 heavy (non-hydrogen) atoms. The van der Waals surface area contributed by atoms with Crippen molar-refractivity contribution < 1.29 is 0 Å². The zero-order valence-corrected chi connectivity index (χ0v) is 15.4. The lowest BCUT2D eigenvalue weighted by molar-refractivity contribution is 0.206. The summed E-state index contributed by atoms with van der Waals surface area (Å²) >= 11 is 3.40. The highest BCUT2D eigenvalue weighted by Crippen LogP contribution is 2.24. The highest BCUT2D eigenvalue weighted by molar-refractivity contribution is 9.10. The van der Waals surface area contributed by atoms with E-state index in [-0.39, 0.29) is 0 Å². The van der Waals surface area contributed by atoms with E-state index in [4.69, 9.17) is 5.73 Å². The van der Waals surface area contributed by atoms with E-state index >= 15 is 0 Å². The first kappa shape index (κ1) is 16.4. The molecule has 1 fully saturated rings. The second kappa shape index (κ2) is 7.07. The van der Waals surface area contributed by atoms with E-state index in [1.807, 2.05) is 28.9 Å². The fourth-order valence-electron chi connectivity index (χ4n) is 3.19. The molecule has 8 heteroatoms. The molecular weight excluding hydrogens is 382 g/mol. The topological polar surface area (TPSA) is 84.4 Å². The fourth-order valence-corrected chi connectivity index (χ4v) is 3.53. The molecule has 1 aliphatic heterocycles. The van der Waals surface area contributed by atoms with E-state index in [0.717, 1.165) is 54.2 Å². The summed E-state index contributed by atoms with van der Waals surface area (Å²) in [6.07, 6.45) is 5.63. The average molecular weight is 402 g/mol. The molecule has 1 aliphatic rings. The molecule has 7 nitrogen and oxygen atoms in total. The molecule has 0 radical (unpaired) electrons. The fraction of sp³-hybridized carbons (Fsp3) is 0.353. The van der Waals surface area contributed by atoms with Crippen molar-refractivity contribution in [2.24, 2.45) is 5.73 Å². The van der Waals surface area contributed by atoms with E-state index in [9.17, 15) is 0 Å². The standard InChI is InChI=1S/C17H20BrN7/c18-14-2-1-3-15(22-14)23-17-16-12(4-9-25(16)21-11-20-17)10-24-7-5-13(19)6-8-24/h1-4,9,11,13H,5-8,10,19H2,(H,20,21,22,23). The van der Waals surface area contributed by atoms with E-state index < -0.39 is 0 Å². The third-order valence-electron chi connectivity index (χ3n) is 4.53. The van der Waals surface area contributed by atoms with Crippen LogP contribution in [0.5, 0.6) is 0 Å². The predicted molar refractivity (Wildman–Crippen MR) is 101 cm³/mol. The van der Waals surface area contributed by atoms with Gasteiger partial charge in [0, 0.05) is 18.8 Å². The minimum Gasteiger partial charge on any atom is -0.328 e. The van der Waals surface area contributed by atoms with Crippen molar-refractivity contribution in [3.63, 3.8) is 0 Å². The van der Waals surface area contributed by atoms with Crippen LogP contribution in [0.25, 0.3) is 5.52 Å². The number of nitrogens with two attached hydrogens (primary N) is 1. The summed E-state index contributed by atoms with van der Waals surface area (Å²) in [5, 5.41) is 7.63. The lowest BCUT2D eigenvalue weighted by Crippen LogP contribution is -2.39. The average Bonchev–Trinajstić information content (AvgIpc) is 3.01. The first-order valence-corrected chi connectivity index (χ1v) is 9.17. The Morgan fingerprint density at radius 3 is 2.88 bits per heavy atom. The summed E-state index contributed by atoms with van der Waals surface area (Å²) < 4.78 is 2.64. The quantitative estimate of drug-likeness (QED) is 0.653. The summed E-state index contributed by atoms with van der Waals surface area (Å²) in [4.78, 5) is 11.3. The molecular formula is C17H20BrN7. The van der Waals surface area contributed by atoms with Crippen molar-refractivity contribution in [1.82, 2.24) is 24.5 Å². The van der Waals surface area contributed by atoms with Crippen LogP contribution in [0.2, 0.25) is 0 Å². The Balaban J connectivity index is 1.62. The molecule has 0 spiro atoms. The van der Waals surface area contributed by atoms with Gasteiger partial charge in [-0.3, -0.25) is 4.90 Å². The summed E-state index contributed by atoms with van der Waals surface area (Å²) in [6, 6.07) is 8.19. The molecule has 130 valence electrons. The number of anilines is 2. The molecule has 3 aromatic heterocycles.